The van der Waals surface area contributed by atoms with Crippen molar-refractivity contribution in [2.45, 2.75) is 17.9 Å². The fraction of sp³-hybridized carbons (Fsp3) is 0.0833. The third-order valence-electron chi connectivity index (χ3n) is 5.11. The van der Waals surface area contributed by atoms with Crippen molar-refractivity contribution in [1.29, 1.82) is 0 Å². The summed E-state index contributed by atoms with van der Waals surface area (Å²) in [5.41, 5.74) is 3.43. The summed E-state index contributed by atoms with van der Waals surface area (Å²) in [4.78, 5) is 25.3. The van der Waals surface area contributed by atoms with Gasteiger partial charge in [0, 0.05) is 10.4 Å². The zero-order valence-electron chi connectivity index (χ0n) is 18.0. The first-order valence-electron chi connectivity index (χ1n) is 10.2. The van der Waals surface area contributed by atoms with Gasteiger partial charge in [-0.3, -0.25) is 14.8 Å². The number of hydrogen-bond donors (Lipinski definition) is 4. The minimum absolute atomic E-state index is 0.0570. The Bertz CT molecular complexity index is 1450. The lowest BCUT2D eigenvalue weighted by Crippen LogP contribution is -2.37. The van der Waals surface area contributed by atoms with E-state index in [1.807, 2.05) is 6.92 Å². The van der Waals surface area contributed by atoms with E-state index in [4.69, 9.17) is 5.21 Å². The maximum absolute atomic E-state index is 13.2. The smallest absolute Gasteiger partial charge is 0.284 e. The number of carbonyl (C=O) groups is 2. The maximum Gasteiger partial charge on any atom is 0.284 e. The SMILES string of the molecule is Cc1ccc(S(=O)(=O)NC(C(=O)Nc2ccc3cc(C(=O)NO)sc3c2)c2ccccc2)cc1. The van der Waals surface area contributed by atoms with Crippen LogP contribution in [-0.4, -0.2) is 25.4 Å². The molecule has 3 aromatic carbocycles. The standard InChI is InChI=1S/C24H21N3O5S2/c1-15-7-11-19(12-8-15)34(31,32)27-22(16-5-3-2-4-6-16)24(29)25-18-10-9-17-13-21(23(28)26-30)33-20(17)14-18/h2-14,22,27,30H,1H3,(H,25,29)(H,26,28). The molecule has 4 N–H and O–H groups in total. The molecule has 0 fully saturated rings. The largest absolute Gasteiger partial charge is 0.324 e. The van der Waals surface area contributed by atoms with E-state index in [1.54, 1.807) is 72.2 Å². The van der Waals surface area contributed by atoms with Gasteiger partial charge in [-0.25, -0.2) is 13.9 Å². The van der Waals surface area contributed by atoms with Crippen molar-refractivity contribution in [1.82, 2.24) is 10.2 Å². The Labute approximate surface area is 200 Å². The highest BCUT2D eigenvalue weighted by Crippen LogP contribution is 2.29. The van der Waals surface area contributed by atoms with Crippen molar-refractivity contribution in [3.05, 3.63) is 94.9 Å². The quantitative estimate of drug-likeness (QED) is 0.228. The van der Waals surface area contributed by atoms with E-state index in [2.05, 4.69) is 10.0 Å². The van der Waals surface area contributed by atoms with Crippen LogP contribution in [0.1, 0.15) is 26.8 Å². The van der Waals surface area contributed by atoms with Crippen LogP contribution >= 0.6 is 11.3 Å². The van der Waals surface area contributed by atoms with Crippen molar-refractivity contribution in [3.8, 4) is 0 Å². The molecule has 0 aliphatic heterocycles. The highest BCUT2D eigenvalue weighted by Gasteiger charge is 2.27. The van der Waals surface area contributed by atoms with Gasteiger partial charge in [-0.05, 0) is 48.2 Å². The van der Waals surface area contributed by atoms with Crippen LogP contribution in [0.2, 0.25) is 0 Å². The van der Waals surface area contributed by atoms with Gasteiger partial charge in [0.25, 0.3) is 5.91 Å². The van der Waals surface area contributed by atoms with E-state index >= 15 is 0 Å². The summed E-state index contributed by atoms with van der Waals surface area (Å²) in [5, 5.41) is 12.4. The Kier molecular flexibility index (Phi) is 6.75. The normalized spacial score (nSPS) is 12.3. The Balaban J connectivity index is 1.62. The summed E-state index contributed by atoms with van der Waals surface area (Å²) >= 11 is 1.15. The number of anilines is 1. The number of rotatable bonds is 7. The Morgan fingerprint density at radius 3 is 2.32 bits per heavy atom. The number of thiophene rings is 1. The second-order valence-corrected chi connectivity index (χ2v) is 10.4. The Morgan fingerprint density at radius 2 is 1.65 bits per heavy atom. The molecule has 1 heterocycles. The van der Waals surface area contributed by atoms with Crippen LogP contribution < -0.4 is 15.5 Å². The summed E-state index contributed by atoms with van der Waals surface area (Å²) in [6, 6.07) is 20.4. The molecule has 174 valence electrons. The molecule has 0 spiro atoms. The first-order chi connectivity index (χ1) is 16.3. The summed E-state index contributed by atoms with van der Waals surface area (Å²) < 4.78 is 29.2. The lowest BCUT2D eigenvalue weighted by Gasteiger charge is -2.19. The fourth-order valence-electron chi connectivity index (χ4n) is 3.35. The summed E-state index contributed by atoms with van der Waals surface area (Å²) in [7, 11) is -3.98. The average molecular weight is 496 g/mol. The molecule has 0 saturated carbocycles. The molecule has 8 nitrogen and oxygen atoms in total. The molecule has 1 unspecified atom stereocenters. The molecule has 0 aliphatic carbocycles. The van der Waals surface area contributed by atoms with Gasteiger partial charge in [0.1, 0.15) is 6.04 Å². The van der Waals surface area contributed by atoms with Crippen LogP contribution in [-0.2, 0) is 14.8 Å². The van der Waals surface area contributed by atoms with Crippen LogP contribution in [0.5, 0.6) is 0 Å². The van der Waals surface area contributed by atoms with Crippen molar-refractivity contribution in [2.24, 2.45) is 0 Å². The van der Waals surface area contributed by atoms with Gasteiger partial charge in [-0.15, -0.1) is 11.3 Å². The molecule has 4 rings (SSSR count). The molecule has 0 radical (unpaired) electrons. The average Bonchev–Trinajstić information content (AvgIpc) is 3.26. The van der Waals surface area contributed by atoms with E-state index in [1.165, 1.54) is 12.1 Å². The van der Waals surface area contributed by atoms with Crippen LogP contribution in [0, 0.1) is 6.92 Å². The maximum atomic E-state index is 13.2. The minimum atomic E-state index is -3.98. The van der Waals surface area contributed by atoms with E-state index in [0.29, 0.717) is 20.8 Å². The molecule has 4 aromatic rings. The first-order valence-corrected chi connectivity index (χ1v) is 12.5. The molecule has 10 heteroatoms. The molecule has 0 saturated heterocycles. The first kappa shape index (κ1) is 23.6. The molecule has 2 amide bonds. The summed E-state index contributed by atoms with van der Waals surface area (Å²) in [5.74, 6) is -1.19. The predicted molar refractivity (Wildman–Crippen MR) is 130 cm³/mol. The van der Waals surface area contributed by atoms with Crippen molar-refractivity contribution in [3.63, 3.8) is 0 Å². The number of hydrogen-bond acceptors (Lipinski definition) is 6. The summed E-state index contributed by atoms with van der Waals surface area (Å²) in [6.45, 7) is 1.85. The number of benzene rings is 3. The minimum Gasteiger partial charge on any atom is -0.324 e. The van der Waals surface area contributed by atoms with E-state index < -0.39 is 27.9 Å². The third kappa shape index (κ3) is 5.15. The Morgan fingerprint density at radius 1 is 0.941 bits per heavy atom. The number of amides is 2. The van der Waals surface area contributed by atoms with Gasteiger partial charge >= 0.3 is 0 Å². The highest BCUT2D eigenvalue weighted by atomic mass is 32.2. The molecule has 0 bridgehead atoms. The molecule has 0 aliphatic rings. The lowest BCUT2D eigenvalue weighted by atomic mass is 10.1. The van der Waals surface area contributed by atoms with E-state index in [9.17, 15) is 18.0 Å². The number of aryl methyl sites for hydroxylation is 1. The number of nitrogens with one attached hydrogen (secondary N) is 3. The van der Waals surface area contributed by atoms with Gasteiger partial charge in [0.15, 0.2) is 0 Å². The second-order valence-electron chi connectivity index (χ2n) is 7.57. The number of sulfonamides is 1. The second kappa shape index (κ2) is 9.74. The third-order valence-corrected chi connectivity index (χ3v) is 7.65. The van der Waals surface area contributed by atoms with Gasteiger partial charge in [-0.1, -0.05) is 54.1 Å². The number of carbonyl (C=O) groups excluding carboxylic acids is 2. The van der Waals surface area contributed by atoms with Crippen LogP contribution in [0.4, 0.5) is 5.69 Å². The van der Waals surface area contributed by atoms with Crippen LogP contribution in [0.25, 0.3) is 10.1 Å². The van der Waals surface area contributed by atoms with E-state index in [0.717, 1.165) is 22.3 Å². The van der Waals surface area contributed by atoms with Crippen LogP contribution in [0.15, 0.2) is 83.8 Å². The zero-order valence-corrected chi connectivity index (χ0v) is 19.6. The number of hydroxylamine groups is 1. The van der Waals surface area contributed by atoms with Gasteiger partial charge in [0.05, 0.1) is 9.77 Å². The Hall–Kier alpha value is -3.57. The van der Waals surface area contributed by atoms with Gasteiger partial charge in [-0.2, -0.15) is 4.72 Å². The molecule has 1 atom stereocenters. The molecular formula is C24H21N3O5S2. The highest BCUT2D eigenvalue weighted by molar-refractivity contribution is 7.89. The zero-order chi connectivity index (χ0) is 24.3. The molecular weight excluding hydrogens is 474 g/mol. The topological polar surface area (TPSA) is 125 Å². The van der Waals surface area contributed by atoms with E-state index in [-0.39, 0.29) is 4.90 Å². The molecule has 1 aromatic heterocycles. The lowest BCUT2D eigenvalue weighted by molar-refractivity contribution is -0.117. The monoisotopic (exact) mass is 495 g/mol. The van der Waals surface area contributed by atoms with Crippen molar-refractivity contribution >= 4 is 48.9 Å². The number of fused-ring (bicyclic) bond motifs is 1. The summed E-state index contributed by atoms with van der Waals surface area (Å²) in [6.07, 6.45) is 0. The van der Waals surface area contributed by atoms with Crippen molar-refractivity contribution < 1.29 is 23.2 Å². The predicted octanol–water partition coefficient (Wildman–Crippen LogP) is 3.99. The fourth-order valence-corrected chi connectivity index (χ4v) is 5.53. The molecule has 34 heavy (non-hydrogen) atoms. The van der Waals surface area contributed by atoms with Gasteiger partial charge in [0.2, 0.25) is 15.9 Å². The van der Waals surface area contributed by atoms with Gasteiger partial charge < -0.3 is 5.32 Å². The van der Waals surface area contributed by atoms with Crippen molar-refractivity contribution in [2.75, 3.05) is 5.32 Å². The van der Waals surface area contributed by atoms with Crippen LogP contribution in [0.3, 0.4) is 0 Å².